The Morgan fingerprint density at radius 3 is 2.39 bits per heavy atom. The predicted octanol–water partition coefficient (Wildman–Crippen LogP) is 2.05. The van der Waals surface area contributed by atoms with Crippen LogP contribution < -0.4 is 5.32 Å². The Hall–Kier alpha value is -1.39. The summed E-state index contributed by atoms with van der Waals surface area (Å²) in [6.07, 6.45) is 0.0334. The number of hydrogen-bond donors (Lipinski definition) is 3. The number of hydrogen-bond acceptors (Lipinski definition) is 3. The van der Waals surface area contributed by atoms with Crippen LogP contribution in [0.25, 0.3) is 0 Å². The van der Waals surface area contributed by atoms with Crippen LogP contribution in [0.2, 0.25) is 0 Å². The van der Waals surface area contributed by atoms with Crippen molar-refractivity contribution >= 4 is 11.6 Å². The fraction of sp³-hybridized carbons (Fsp3) is 0.500. The molecule has 0 aliphatic heterocycles. The van der Waals surface area contributed by atoms with Gasteiger partial charge in [0.2, 0.25) is 5.91 Å². The molecule has 1 rings (SSSR count). The molecule has 18 heavy (non-hydrogen) atoms. The van der Waals surface area contributed by atoms with Crippen molar-refractivity contribution in [3.05, 3.63) is 29.8 Å². The summed E-state index contributed by atoms with van der Waals surface area (Å²) in [6, 6.07) is 7.63. The van der Waals surface area contributed by atoms with E-state index in [-0.39, 0.29) is 11.8 Å². The molecule has 4 heteroatoms. The van der Waals surface area contributed by atoms with Gasteiger partial charge in [-0.2, -0.15) is 0 Å². The Balaban J connectivity index is 2.34. The summed E-state index contributed by atoms with van der Waals surface area (Å²) in [5.41, 5.74) is 1.94. The van der Waals surface area contributed by atoms with Gasteiger partial charge in [0.25, 0.3) is 0 Å². The van der Waals surface area contributed by atoms with Gasteiger partial charge in [0.05, 0.1) is 0 Å². The van der Waals surface area contributed by atoms with Crippen LogP contribution in [-0.2, 0) is 4.79 Å². The Morgan fingerprint density at radius 1 is 1.22 bits per heavy atom. The lowest BCUT2D eigenvalue weighted by Crippen LogP contribution is -2.16. The SMILES string of the molecule is Cc1ccc(NC(=O)CC(C)CCC(O)O)cc1. The fourth-order valence-electron chi connectivity index (χ4n) is 1.70. The van der Waals surface area contributed by atoms with E-state index in [1.54, 1.807) is 0 Å². The van der Waals surface area contributed by atoms with Gasteiger partial charge in [-0.25, -0.2) is 0 Å². The predicted molar refractivity (Wildman–Crippen MR) is 71.0 cm³/mol. The number of anilines is 1. The van der Waals surface area contributed by atoms with E-state index in [2.05, 4.69) is 5.32 Å². The zero-order chi connectivity index (χ0) is 13.5. The summed E-state index contributed by atoms with van der Waals surface area (Å²) in [7, 11) is 0. The molecule has 3 N–H and O–H groups in total. The Kier molecular flexibility index (Phi) is 5.82. The first-order valence-electron chi connectivity index (χ1n) is 6.20. The number of carbonyl (C=O) groups excluding carboxylic acids is 1. The first-order chi connectivity index (χ1) is 8.47. The molecule has 0 aliphatic rings. The highest BCUT2D eigenvalue weighted by Gasteiger charge is 2.10. The molecule has 4 nitrogen and oxygen atoms in total. The van der Waals surface area contributed by atoms with Crippen molar-refractivity contribution in [2.75, 3.05) is 5.32 Å². The van der Waals surface area contributed by atoms with Crippen molar-refractivity contribution in [2.24, 2.45) is 5.92 Å². The van der Waals surface area contributed by atoms with Crippen LogP contribution in [0.15, 0.2) is 24.3 Å². The van der Waals surface area contributed by atoms with Crippen LogP contribution in [0.1, 0.15) is 31.7 Å². The molecule has 0 fully saturated rings. The number of aliphatic hydroxyl groups excluding tert-OH is 1. The quantitative estimate of drug-likeness (QED) is 0.678. The maximum absolute atomic E-state index is 11.7. The van der Waals surface area contributed by atoms with Gasteiger partial charge >= 0.3 is 0 Å². The maximum atomic E-state index is 11.7. The van der Waals surface area contributed by atoms with E-state index in [0.717, 1.165) is 11.3 Å². The molecule has 1 atom stereocenters. The van der Waals surface area contributed by atoms with E-state index >= 15 is 0 Å². The summed E-state index contributed by atoms with van der Waals surface area (Å²) in [6.45, 7) is 3.92. The average Bonchev–Trinajstić information content (AvgIpc) is 2.29. The Labute approximate surface area is 108 Å². The van der Waals surface area contributed by atoms with Crippen LogP contribution in [0, 0.1) is 12.8 Å². The number of aryl methyl sites for hydroxylation is 1. The molecule has 1 unspecified atom stereocenters. The van der Waals surface area contributed by atoms with Crippen LogP contribution in [0.3, 0.4) is 0 Å². The summed E-state index contributed by atoms with van der Waals surface area (Å²) >= 11 is 0. The zero-order valence-corrected chi connectivity index (χ0v) is 10.9. The summed E-state index contributed by atoms with van der Waals surface area (Å²) in [4.78, 5) is 11.7. The summed E-state index contributed by atoms with van der Waals surface area (Å²) < 4.78 is 0. The molecule has 1 aromatic rings. The van der Waals surface area contributed by atoms with E-state index < -0.39 is 6.29 Å². The third-order valence-corrected chi connectivity index (χ3v) is 2.79. The van der Waals surface area contributed by atoms with E-state index in [9.17, 15) is 4.79 Å². The highest BCUT2D eigenvalue weighted by molar-refractivity contribution is 5.90. The lowest BCUT2D eigenvalue weighted by Gasteiger charge is -2.12. The highest BCUT2D eigenvalue weighted by atomic mass is 16.5. The van der Waals surface area contributed by atoms with Crippen LogP contribution in [0.4, 0.5) is 5.69 Å². The minimum absolute atomic E-state index is 0.0428. The van der Waals surface area contributed by atoms with Gasteiger partial charge in [-0.15, -0.1) is 0 Å². The smallest absolute Gasteiger partial charge is 0.224 e. The number of aliphatic hydroxyl groups is 2. The van der Waals surface area contributed by atoms with E-state index in [1.807, 2.05) is 38.1 Å². The molecular weight excluding hydrogens is 230 g/mol. The van der Waals surface area contributed by atoms with Gasteiger partial charge in [-0.05, 0) is 37.8 Å². The highest BCUT2D eigenvalue weighted by Crippen LogP contribution is 2.14. The largest absolute Gasteiger partial charge is 0.368 e. The second-order valence-electron chi connectivity index (χ2n) is 4.78. The summed E-state index contributed by atoms with van der Waals surface area (Å²) in [5, 5.41) is 20.3. The van der Waals surface area contributed by atoms with E-state index in [4.69, 9.17) is 10.2 Å². The molecule has 100 valence electrons. The second-order valence-corrected chi connectivity index (χ2v) is 4.78. The van der Waals surface area contributed by atoms with Gasteiger partial charge in [0.1, 0.15) is 0 Å². The number of carbonyl (C=O) groups is 1. The average molecular weight is 251 g/mol. The molecule has 0 radical (unpaired) electrons. The van der Waals surface area contributed by atoms with E-state index in [0.29, 0.717) is 19.3 Å². The van der Waals surface area contributed by atoms with Gasteiger partial charge in [0.15, 0.2) is 6.29 Å². The van der Waals surface area contributed by atoms with Crippen molar-refractivity contribution in [3.8, 4) is 0 Å². The molecule has 0 aliphatic carbocycles. The van der Waals surface area contributed by atoms with E-state index in [1.165, 1.54) is 0 Å². The molecule has 0 spiro atoms. The minimum Gasteiger partial charge on any atom is -0.368 e. The fourth-order valence-corrected chi connectivity index (χ4v) is 1.70. The molecule has 1 aromatic carbocycles. The maximum Gasteiger partial charge on any atom is 0.224 e. The summed E-state index contributed by atoms with van der Waals surface area (Å²) in [5.74, 6) is 0.0935. The first-order valence-corrected chi connectivity index (χ1v) is 6.20. The lowest BCUT2D eigenvalue weighted by molar-refractivity contribution is -0.117. The van der Waals surface area contributed by atoms with Gasteiger partial charge in [-0.1, -0.05) is 24.6 Å². The number of amides is 1. The molecule has 0 saturated heterocycles. The van der Waals surface area contributed by atoms with Crippen molar-refractivity contribution in [2.45, 2.75) is 39.4 Å². The van der Waals surface area contributed by atoms with Crippen molar-refractivity contribution in [3.63, 3.8) is 0 Å². The second kappa shape index (κ2) is 7.13. The number of nitrogens with one attached hydrogen (secondary N) is 1. The third kappa shape index (κ3) is 5.80. The molecule has 1 amide bonds. The Morgan fingerprint density at radius 2 is 1.83 bits per heavy atom. The van der Waals surface area contributed by atoms with Crippen molar-refractivity contribution < 1.29 is 15.0 Å². The lowest BCUT2D eigenvalue weighted by atomic mass is 10.0. The Bertz CT molecular complexity index is 373. The van der Waals surface area contributed by atoms with Crippen LogP contribution >= 0.6 is 0 Å². The van der Waals surface area contributed by atoms with Crippen molar-refractivity contribution in [1.29, 1.82) is 0 Å². The zero-order valence-electron chi connectivity index (χ0n) is 10.9. The number of rotatable bonds is 6. The van der Waals surface area contributed by atoms with Gasteiger partial charge in [0, 0.05) is 12.1 Å². The monoisotopic (exact) mass is 251 g/mol. The third-order valence-electron chi connectivity index (χ3n) is 2.79. The minimum atomic E-state index is -1.28. The molecule has 0 bridgehead atoms. The number of benzene rings is 1. The molecule has 0 saturated carbocycles. The standard InChI is InChI=1S/C14H21NO3/c1-10-3-6-12(7-4-10)15-13(16)9-11(2)5-8-14(17)18/h3-4,6-7,11,14,17-18H,5,8-9H2,1-2H3,(H,15,16). The van der Waals surface area contributed by atoms with Crippen molar-refractivity contribution in [1.82, 2.24) is 0 Å². The normalized spacial score (nSPS) is 12.5. The van der Waals surface area contributed by atoms with Crippen LogP contribution in [0.5, 0.6) is 0 Å². The van der Waals surface area contributed by atoms with Gasteiger partial charge in [-0.3, -0.25) is 4.79 Å². The molecule has 0 heterocycles. The molecule has 0 aromatic heterocycles. The van der Waals surface area contributed by atoms with Gasteiger partial charge < -0.3 is 15.5 Å². The molecular formula is C14H21NO3. The topological polar surface area (TPSA) is 69.6 Å². The first kappa shape index (κ1) is 14.7. The van der Waals surface area contributed by atoms with Crippen LogP contribution in [-0.4, -0.2) is 22.4 Å².